The van der Waals surface area contributed by atoms with Gasteiger partial charge in [-0.2, -0.15) is 5.26 Å². The van der Waals surface area contributed by atoms with Crippen LogP contribution in [0.25, 0.3) is 0 Å². The SMILES string of the molecule is CCN(CC)CC(CC#N)c1ccc(OC)c(OC)c1. The molecule has 4 nitrogen and oxygen atoms in total. The van der Waals surface area contributed by atoms with Crippen molar-refractivity contribution in [3.8, 4) is 17.6 Å². The molecular weight excluding hydrogens is 252 g/mol. The van der Waals surface area contributed by atoms with Gasteiger partial charge in [-0.25, -0.2) is 0 Å². The van der Waals surface area contributed by atoms with Crippen LogP contribution in [-0.4, -0.2) is 38.8 Å². The Hall–Kier alpha value is -1.73. The summed E-state index contributed by atoms with van der Waals surface area (Å²) in [7, 11) is 3.26. The van der Waals surface area contributed by atoms with Crippen LogP contribution in [0, 0.1) is 11.3 Å². The first kappa shape index (κ1) is 16.3. The fraction of sp³-hybridized carbons (Fsp3) is 0.562. The van der Waals surface area contributed by atoms with Crippen molar-refractivity contribution in [1.82, 2.24) is 4.90 Å². The predicted molar refractivity (Wildman–Crippen MR) is 80.3 cm³/mol. The molecule has 1 rings (SSSR count). The summed E-state index contributed by atoms with van der Waals surface area (Å²) in [5.74, 6) is 1.63. The number of ether oxygens (including phenoxy) is 2. The Kier molecular flexibility index (Phi) is 6.89. The second-order valence-electron chi connectivity index (χ2n) is 4.66. The molecular formula is C16H24N2O2. The first-order valence-electron chi connectivity index (χ1n) is 7.01. The van der Waals surface area contributed by atoms with E-state index >= 15 is 0 Å². The summed E-state index contributed by atoms with van der Waals surface area (Å²) in [5, 5.41) is 9.06. The number of hydrogen-bond acceptors (Lipinski definition) is 4. The van der Waals surface area contributed by atoms with Crippen molar-refractivity contribution >= 4 is 0 Å². The second-order valence-corrected chi connectivity index (χ2v) is 4.66. The summed E-state index contributed by atoms with van der Waals surface area (Å²) < 4.78 is 10.6. The largest absolute Gasteiger partial charge is 0.493 e. The van der Waals surface area contributed by atoms with Crippen LogP contribution in [0.2, 0.25) is 0 Å². The highest BCUT2D eigenvalue weighted by atomic mass is 16.5. The quantitative estimate of drug-likeness (QED) is 0.732. The van der Waals surface area contributed by atoms with Gasteiger partial charge in [0.15, 0.2) is 11.5 Å². The standard InChI is InChI=1S/C16H24N2O2/c1-5-18(6-2)12-14(9-10-17)13-7-8-15(19-3)16(11-13)20-4/h7-8,11,14H,5-6,9,12H2,1-4H3. The molecule has 0 aliphatic rings. The van der Waals surface area contributed by atoms with Crippen molar-refractivity contribution in [2.24, 2.45) is 0 Å². The third kappa shape index (κ3) is 4.14. The molecule has 0 aliphatic heterocycles. The van der Waals surface area contributed by atoms with Crippen molar-refractivity contribution in [2.75, 3.05) is 33.9 Å². The number of rotatable bonds is 8. The van der Waals surface area contributed by atoms with E-state index in [0.717, 1.165) is 30.9 Å². The van der Waals surface area contributed by atoms with Gasteiger partial charge in [0, 0.05) is 18.9 Å². The van der Waals surface area contributed by atoms with Gasteiger partial charge in [0.1, 0.15) is 0 Å². The van der Waals surface area contributed by atoms with E-state index in [4.69, 9.17) is 14.7 Å². The van der Waals surface area contributed by atoms with Gasteiger partial charge in [0.05, 0.1) is 20.3 Å². The third-order valence-electron chi connectivity index (χ3n) is 3.59. The molecule has 0 radical (unpaired) electrons. The third-order valence-corrected chi connectivity index (χ3v) is 3.59. The van der Waals surface area contributed by atoms with Gasteiger partial charge in [-0.1, -0.05) is 19.9 Å². The van der Waals surface area contributed by atoms with Crippen LogP contribution >= 0.6 is 0 Å². The van der Waals surface area contributed by atoms with Gasteiger partial charge in [-0.15, -0.1) is 0 Å². The lowest BCUT2D eigenvalue weighted by Crippen LogP contribution is -2.28. The molecule has 1 aromatic carbocycles. The van der Waals surface area contributed by atoms with Crippen LogP contribution in [-0.2, 0) is 0 Å². The van der Waals surface area contributed by atoms with E-state index < -0.39 is 0 Å². The topological polar surface area (TPSA) is 45.5 Å². The smallest absolute Gasteiger partial charge is 0.160 e. The van der Waals surface area contributed by atoms with Crippen LogP contribution < -0.4 is 9.47 Å². The number of nitrogens with zero attached hydrogens (tertiary/aromatic N) is 2. The number of nitriles is 1. The van der Waals surface area contributed by atoms with E-state index in [9.17, 15) is 0 Å². The molecule has 0 aliphatic carbocycles. The number of likely N-dealkylation sites (N-methyl/N-ethyl adjacent to an activating group) is 1. The maximum atomic E-state index is 9.06. The molecule has 1 unspecified atom stereocenters. The van der Waals surface area contributed by atoms with Crippen LogP contribution in [0.15, 0.2) is 18.2 Å². The summed E-state index contributed by atoms with van der Waals surface area (Å²) in [6.45, 7) is 7.15. The Morgan fingerprint density at radius 3 is 2.30 bits per heavy atom. The zero-order chi connectivity index (χ0) is 15.0. The average Bonchev–Trinajstić information content (AvgIpc) is 2.50. The molecule has 0 fully saturated rings. The molecule has 0 heterocycles. The molecule has 0 saturated carbocycles. The highest BCUT2D eigenvalue weighted by molar-refractivity contribution is 5.44. The minimum atomic E-state index is 0.194. The van der Waals surface area contributed by atoms with Gasteiger partial charge >= 0.3 is 0 Å². The molecule has 0 spiro atoms. The van der Waals surface area contributed by atoms with Gasteiger partial charge < -0.3 is 14.4 Å². The Morgan fingerprint density at radius 1 is 1.15 bits per heavy atom. The summed E-state index contributed by atoms with van der Waals surface area (Å²) >= 11 is 0. The van der Waals surface area contributed by atoms with E-state index in [-0.39, 0.29) is 5.92 Å². The number of benzene rings is 1. The van der Waals surface area contributed by atoms with Gasteiger partial charge in [-0.05, 0) is 30.8 Å². The van der Waals surface area contributed by atoms with Gasteiger partial charge in [-0.3, -0.25) is 0 Å². The predicted octanol–water partition coefficient (Wildman–Crippen LogP) is 3.04. The van der Waals surface area contributed by atoms with E-state index in [2.05, 4.69) is 24.8 Å². The Balaban J connectivity index is 2.99. The molecule has 0 saturated heterocycles. The fourth-order valence-corrected chi connectivity index (χ4v) is 2.30. The molecule has 1 atom stereocenters. The average molecular weight is 276 g/mol. The van der Waals surface area contributed by atoms with Crippen LogP contribution in [0.1, 0.15) is 31.7 Å². The molecule has 20 heavy (non-hydrogen) atoms. The number of hydrogen-bond donors (Lipinski definition) is 0. The Labute approximate surface area is 121 Å². The van der Waals surface area contributed by atoms with Crippen molar-refractivity contribution in [3.05, 3.63) is 23.8 Å². The monoisotopic (exact) mass is 276 g/mol. The first-order valence-corrected chi connectivity index (χ1v) is 7.01. The lowest BCUT2D eigenvalue weighted by molar-refractivity contribution is 0.283. The summed E-state index contributed by atoms with van der Waals surface area (Å²) in [4.78, 5) is 2.33. The minimum Gasteiger partial charge on any atom is -0.493 e. The van der Waals surface area contributed by atoms with E-state index in [1.54, 1.807) is 14.2 Å². The maximum Gasteiger partial charge on any atom is 0.160 e. The Bertz CT molecular complexity index is 450. The van der Waals surface area contributed by atoms with E-state index in [0.29, 0.717) is 12.2 Å². The molecule has 0 amide bonds. The lowest BCUT2D eigenvalue weighted by Gasteiger charge is -2.24. The summed E-state index contributed by atoms with van der Waals surface area (Å²) in [5.41, 5.74) is 1.12. The molecule has 1 aromatic rings. The molecule has 110 valence electrons. The van der Waals surface area contributed by atoms with Crippen LogP contribution in [0.5, 0.6) is 11.5 Å². The van der Waals surface area contributed by atoms with Crippen molar-refractivity contribution in [1.29, 1.82) is 5.26 Å². The lowest BCUT2D eigenvalue weighted by atomic mass is 9.95. The Morgan fingerprint density at radius 2 is 1.80 bits per heavy atom. The highest BCUT2D eigenvalue weighted by Gasteiger charge is 2.16. The number of methoxy groups -OCH3 is 2. The molecule has 0 N–H and O–H groups in total. The zero-order valence-corrected chi connectivity index (χ0v) is 12.8. The summed E-state index contributed by atoms with van der Waals surface area (Å²) in [6.07, 6.45) is 0.506. The normalized spacial score (nSPS) is 12.0. The second kappa shape index (κ2) is 8.44. The zero-order valence-electron chi connectivity index (χ0n) is 12.8. The molecule has 0 bridgehead atoms. The van der Waals surface area contributed by atoms with E-state index in [1.165, 1.54) is 0 Å². The van der Waals surface area contributed by atoms with Gasteiger partial charge in [0.2, 0.25) is 0 Å². The summed E-state index contributed by atoms with van der Waals surface area (Å²) in [6, 6.07) is 8.19. The minimum absolute atomic E-state index is 0.194. The van der Waals surface area contributed by atoms with E-state index in [1.807, 2.05) is 18.2 Å². The first-order chi connectivity index (χ1) is 9.69. The molecule has 0 aromatic heterocycles. The van der Waals surface area contributed by atoms with Gasteiger partial charge in [0.25, 0.3) is 0 Å². The van der Waals surface area contributed by atoms with Crippen molar-refractivity contribution in [3.63, 3.8) is 0 Å². The molecule has 4 heteroatoms. The van der Waals surface area contributed by atoms with Crippen molar-refractivity contribution < 1.29 is 9.47 Å². The maximum absolute atomic E-state index is 9.06. The van der Waals surface area contributed by atoms with Crippen LogP contribution in [0.4, 0.5) is 0 Å². The highest BCUT2D eigenvalue weighted by Crippen LogP contribution is 2.32. The van der Waals surface area contributed by atoms with Crippen LogP contribution in [0.3, 0.4) is 0 Å². The fourth-order valence-electron chi connectivity index (χ4n) is 2.30. The van der Waals surface area contributed by atoms with Crippen molar-refractivity contribution in [2.45, 2.75) is 26.2 Å².